The molecule has 33 heavy (non-hydrogen) atoms. The Bertz CT molecular complexity index is 1160. The van der Waals surface area contributed by atoms with Crippen molar-refractivity contribution in [2.75, 3.05) is 20.3 Å². The third-order valence-electron chi connectivity index (χ3n) is 4.89. The van der Waals surface area contributed by atoms with Crippen LogP contribution in [0, 0.1) is 0 Å². The maximum absolute atomic E-state index is 12.9. The van der Waals surface area contributed by atoms with Crippen molar-refractivity contribution in [2.24, 2.45) is 0 Å². The molecule has 0 saturated carbocycles. The summed E-state index contributed by atoms with van der Waals surface area (Å²) in [5, 5.41) is 0. The van der Waals surface area contributed by atoms with Crippen LogP contribution in [0.15, 0.2) is 83.8 Å². The molecule has 0 spiro atoms. The molecule has 0 N–H and O–H groups in total. The largest absolute Gasteiger partial charge is 0.493 e. The van der Waals surface area contributed by atoms with E-state index in [-0.39, 0.29) is 5.91 Å². The lowest BCUT2D eigenvalue weighted by Gasteiger charge is -2.14. The summed E-state index contributed by atoms with van der Waals surface area (Å²) in [6, 6.07) is 24.9. The van der Waals surface area contributed by atoms with Gasteiger partial charge in [-0.15, -0.1) is 0 Å². The first-order chi connectivity index (χ1) is 16.1. The third-order valence-corrected chi connectivity index (χ3v) is 6.27. The fraction of sp³-hybridized carbons (Fsp3) is 0.154. The predicted octanol–water partition coefficient (Wildman–Crippen LogP) is 5.55. The number of rotatable bonds is 9. The van der Waals surface area contributed by atoms with E-state index in [9.17, 15) is 4.79 Å². The molecule has 0 aliphatic carbocycles. The molecule has 1 heterocycles. The van der Waals surface area contributed by atoms with Gasteiger partial charge in [-0.05, 0) is 41.5 Å². The molecule has 168 valence electrons. The quantitative estimate of drug-likeness (QED) is 0.229. The maximum Gasteiger partial charge on any atom is 0.266 e. The van der Waals surface area contributed by atoms with Crippen LogP contribution in [0.4, 0.5) is 0 Å². The van der Waals surface area contributed by atoms with Crippen LogP contribution in [0.25, 0.3) is 6.08 Å². The van der Waals surface area contributed by atoms with Crippen molar-refractivity contribution in [2.45, 2.75) is 6.54 Å². The van der Waals surface area contributed by atoms with Gasteiger partial charge in [-0.2, -0.15) is 0 Å². The van der Waals surface area contributed by atoms with Gasteiger partial charge >= 0.3 is 0 Å². The molecule has 5 nitrogen and oxygen atoms in total. The Hall–Kier alpha value is -3.29. The molecule has 1 aliphatic rings. The van der Waals surface area contributed by atoms with Crippen LogP contribution in [0.3, 0.4) is 0 Å². The lowest BCUT2D eigenvalue weighted by Crippen LogP contribution is -2.27. The number of thioether (sulfide) groups is 1. The fourth-order valence-corrected chi connectivity index (χ4v) is 4.55. The third kappa shape index (κ3) is 5.94. The smallest absolute Gasteiger partial charge is 0.266 e. The second kappa shape index (κ2) is 11.0. The molecule has 1 saturated heterocycles. The van der Waals surface area contributed by atoms with Crippen molar-refractivity contribution in [3.8, 4) is 17.2 Å². The van der Waals surface area contributed by atoms with E-state index in [1.54, 1.807) is 12.0 Å². The summed E-state index contributed by atoms with van der Waals surface area (Å²) in [6.45, 7) is 1.22. The first-order valence-electron chi connectivity index (χ1n) is 10.4. The zero-order valence-corrected chi connectivity index (χ0v) is 19.7. The number of methoxy groups -OCH3 is 1. The summed E-state index contributed by atoms with van der Waals surface area (Å²) >= 11 is 6.76. The Morgan fingerprint density at radius 2 is 1.64 bits per heavy atom. The molecule has 7 heteroatoms. The fourth-order valence-electron chi connectivity index (χ4n) is 3.30. The number of ether oxygens (including phenoxy) is 3. The van der Waals surface area contributed by atoms with Crippen LogP contribution in [0.1, 0.15) is 11.1 Å². The van der Waals surface area contributed by atoms with E-state index in [0.717, 1.165) is 11.1 Å². The van der Waals surface area contributed by atoms with Gasteiger partial charge < -0.3 is 14.2 Å². The molecule has 1 aliphatic heterocycles. The zero-order chi connectivity index (χ0) is 23.0. The van der Waals surface area contributed by atoms with E-state index < -0.39 is 0 Å². The maximum atomic E-state index is 12.9. The van der Waals surface area contributed by atoms with Gasteiger partial charge in [0.05, 0.1) is 18.6 Å². The van der Waals surface area contributed by atoms with Crippen LogP contribution in [-0.2, 0) is 11.3 Å². The average Bonchev–Trinajstić information content (AvgIpc) is 3.10. The van der Waals surface area contributed by atoms with Gasteiger partial charge in [-0.3, -0.25) is 9.69 Å². The van der Waals surface area contributed by atoms with E-state index in [4.69, 9.17) is 26.4 Å². The second-order valence-electron chi connectivity index (χ2n) is 7.17. The van der Waals surface area contributed by atoms with Crippen LogP contribution >= 0.6 is 24.0 Å². The van der Waals surface area contributed by atoms with Gasteiger partial charge in [0.15, 0.2) is 11.5 Å². The van der Waals surface area contributed by atoms with E-state index >= 15 is 0 Å². The van der Waals surface area contributed by atoms with Crippen molar-refractivity contribution < 1.29 is 19.0 Å². The van der Waals surface area contributed by atoms with Crippen LogP contribution in [0.2, 0.25) is 0 Å². The molecule has 0 aromatic heterocycles. The zero-order valence-electron chi connectivity index (χ0n) is 18.1. The van der Waals surface area contributed by atoms with E-state index in [2.05, 4.69) is 0 Å². The number of hydrogen-bond donors (Lipinski definition) is 0. The number of hydrogen-bond acceptors (Lipinski definition) is 6. The van der Waals surface area contributed by atoms with Gasteiger partial charge in [0.25, 0.3) is 5.91 Å². The first-order valence-corrected chi connectivity index (χ1v) is 11.6. The molecule has 0 bridgehead atoms. The molecule has 3 aromatic rings. The Labute approximate surface area is 203 Å². The minimum atomic E-state index is -0.0783. The van der Waals surface area contributed by atoms with Gasteiger partial charge in [0, 0.05) is 0 Å². The number of carbonyl (C=O) groups is 1. The normalized spacial score (nSPS) is 14.6. The summed E-state index contributed by atoms with van der Waals surface area (Å²) in [5.74, 6) is 1.98. The average molecular weight is 478 g/mol. The molecular weight excluding hydrogens is 454 g/mol. The van der Waals surface area contributed by atoms with Gasteiger partial charge in [0.1, 0.15) is 23.3 Å². The van der Waals surface area contributed by atoms with Gasteiger partial charge in [0.2, 0.25) is 0 Å². The number of carbonyl (C=O) groups excluding carboxylic acids is 1. The van der Waals surface area contributed by atoms with Crippen molar-refractivity contribution in [1.29, 1.82) is 0 Å². The van der Waals surface area contributed by atoms with Crippen molar-refractivity contribution in [3.05, 3.63) is 94.9 Å². The summed E-state index contributed by atoms with van der Waals surface area (Å²) in [6.07, 6.45) is 1.85. The standard InChI is InChI=1S/C26H23NO4S2/c1-29-22-12-5-6-13-23(22)31-15-14-30-21-11-7-10-20(16-21)17-24-25(28)27(26(32)33-24)18-19-8-3-2-4-9-19/h2-13,16-17H,14-15,18H2,1H3. The summed E-state index contributed by atoms with van der Waals surface area (Å²) in [4.78, 5) is 15.1. The highest BCUT2D eigenvalue weighted by atomic mass is 32.2. The first kappa shape index (κ1) is 22.9. The Morgan fingerprint density at radius 3 is 2.42 bits per heavy atom. The summed E-state index contributed by atoms with van der Waals surface area (Å²) in [5.41, 5.74) is 1.92. The molecule has 0 unspecified atom stereocenters. The number of para-hydroxylation sites is 2. The molecule has 4 rings (SSSR count). The molecule has 0 atom stereocenters. The Balaban J connectivity index is 1.35. The topological polar surface area (TPSA) is 48.0 Å². The summed E-state index contributed by atoms with van der Waals surface area (Å²) < 4.78 is 17.4. The van der Waals surface area contributed by atoms with E-state index in [1.165, 1.54) is 11.8 Å². The number of benzene rings is 3. The predicted molar refractivity (Wildman–Crippen MR) is 136 cm³/mol. The summed E-state index contributed by atoms with van der Waals surface area (Å²) in [7, 11) is 1.61. The van der Waals surface area contributed by atoms with Crippen LogP contribution in [0.5, 0.6) is 17.2 Å². The Morgan fingerprint density at radius 1 is 0.909 bits per heavy atom. The highest BCUT2D eigenvalue weighted by molar-refractivity contribution is 8.26. The number of amides is 1. The lowest BCUT2D eigenvalue weighted by molar-refractivity contribution is -0.122. The molecule has 3 aromatic carbocycles. The van der Waals surface area contributed by atoms with Gasteiger partial charge in [-0.1, -0.05) is 78.6 Å². The second-order valence-corrected chi connectivity index (χ2v) is 8.85. The van der Waals surface area contributed by atoms with Crippen molar-refractivity contribution in [1.82, 2.24) is 4.90 Å². The highest BCUT2D eigenvalue weighted by Crippen LogP contribution is 2.34. The Kier molecular flexibility index (Phi) is 7.65. The number of thiocarbonyl (C=S) groups is 1. The molecule has 0 radical (unpaired) electrons. The van der Waals surface area contributed by atoms with Crippen molar-refractivity contribution in [3.63, 3.8) is 0 Å². The molecular formula is C26H23NO4S2. The molecule has 1 fully saturated rings. The monoisotopic (exact) mass is 477 g/mol. The van der Waals surface area contributed by atoms with Crippen LogP contribution in [-0.4, -0.2) is 35.5 Å². The van der Waals surface area contributed by atoms with E-state index in [1.807, 2.05) is 84.9 Å². The van der Waals surface area contributed by atoms with Crippen molar-refractivity contribution >= 4 is 40.3 Å². The van der Waals surface area contributed by atoms with Crippen LogP contribution < -0.4 is 14.2 Å². The molecule has 1 amide bonds. The number of nitrogens with zero attached hydrogens (tertiary/aromatic N) is 1. The SMILES string of the molecule is COc1ccccc1OCCOc1cccc(C=C2SC(=S)N(Cc3ccccc3)C2=O)c1. The minimum Gasteiger partial charge on any atom is -0.493 e. The highest BCUT2D eigenvalue weighted by Gasteiger charge is 2.31. The van der Waals surface area contributed by atoms with Gasteiger partial charge in [-0.25, -0.2) is 0 Å². The van der Waals surface area contributed by atoms with E-state index in [0.29, 0.717) is 46.2 Å². The lowest BCUT2D eigenvalue weighted by atomic mass is 10.2. The minimum absolute atomic E-state index is 0.0783.